The molecule has 0 amide bonds. The molecule has 0 aliphatic heterocycles. The molecular formula is C11H23NO6S. The van der Waals surface area contributed by atoms with E-state index in [4.69, 9.17) is 15.0 Å². The lowest BCUT2D eigenvalue weighted by Gasteiger charge is -2.32. The zero-order chi connectivity index (χ0) is 15.7. The third kappa shape index (κ3) is 9.60. The third-order valence-electron chi connectivity index (χ3n) is 2.80. The van der Waals surface area contributed by atoms with E-state index in [1.165, 1.54) is 0 Å². The second-order valence-electron chi connectivity index (χ2n) is 3.82. The van der Waals surface area contributed by atoms with E-state index in [0.717, 1.165) is 26.0 Å². The van der Waals surface area contributed by atoms with Gasteiger partial charge in [-0.25, -0.2) is 4.79 Å². The van der Waals surface area contributed by atoms with E-state index >= 15 is 0 Å². The van der Waals surface area contributed by atoms with Crippen molar-refractivity contribution in [3.63, 3.8) is 0 Å². The van der Waals surface area contributed by atoms with Crippen LogP contribution in [-0.4, -0.2) is 37.7 Å². The van der Waals surface area contributed by atoms with Crippen molar-refractivity contribution in [2.24, 2.45) is 5.73 Å². The number of rotatable bonds is 6. The minimum absolute atomic E-state index is 0.270. The van der Waals surface area contributed by atoms with E-state index < -0.39 is 21.9 Å². The average molecular weight is 297 g/mol. The van der Waals surface area contributed by atoms with Gasteiger partial charge in [0.15, 0.2) is 0 Å². The molecule has 0 fully saturated rings. The minimum atomic E-state index is -4.16. The number of carbonyl (C=O) groups is 1. The molecule has 0 bridgehead atoms. The summed E-state index contributed by atoms with van der Waals surface area (Å²) in [5, 5.41) is 0. The zero-order valence-electron chi connectivity index (χ0n) is 11.8. The van der Waals surface area contributed by atoms with Gasteiger partial charge in [-0.1, -0.05) is 20.4 Å². The van der Waals surface area contributed by atoms with Crippen LogP contribution in [0.15, 0.2) is 12.7 Å². The molecule has 8 heteroatoms. The lowest BCUT2D eigenvalue weighted by Crippen LogP contribution is -2.50. The van der Waals surface area contributed by atoms with Crippen molar-refractivity contribution in [2.45, 2.75) is 45.3 Å². The molecule has 19 heavy (non-hydrogen) atoms. The van der Waals surface area contributed by atoms with Gasteiger partial charge in [0.25, 0.3) is 0 Å². The molecule has 7 nitrogen and oxygen atoms in total. The third-order valence-corrected chi connectivity index (χ3v) is 3.22. The molecule has 114 valence electrons. The Balaban J connectivity index is 0. The van der Waals surface area contributed by atoms with Gasteiger partial charge in [-0.2, -0.15) is 8.42 Å². The molecule has 0 aromatic carbocycles. The summed E-state index contributed by atoms with van der Waals surface area (Å²) in [6, 6.07) is 0. The maximum Gasteiger partial charge on any atom is 0.397 e. The van der Waals surface area contributed by atoms with E-state index in [1.54, 1.807) is 0 Å². The van der Waals surface area contributed by atoms with Crippen LogP contribution in [0.2, 0.25) is 0 Å². The van der Waals surface area contributed by atoms with E-state index in [0.29, 0.717) is 0 Å². The topological polar surface area (TPSA) is 116 Å². The van der Waals surface area contributed by atoms with Gasteiger partial charge in [0.05, 0.1) is 12.6 Å². The number of hydrogen-bond donors (Lipinski definition) is 2. The van der Waals surface area contributed by atoms with Gasteiger partial charge in [0.2, 0.25) is 0 Å². The lowest BCUT2D eigenvalue weighted by atomic mass is 9.88. The largest absolute Gasteiger partial charge is 0.458 e. The van der Waals surface area contributed by atoms with Crippen molar-refractivity contribution in [2.75, 3.05) is 7.11 Å². The first-order chi connectivity index (χ1) is 8.56. The average Bonchev–Trinajstić information content (AvgIpc) is 2.37. The van der Waals surface area contributed by atoms with E-state index in [1.807, 2.05) is 20.8 Å². The summed E-state index contributed by atoms with van der Waals surface area (Å²) in [5.41, 5.74) is 5.61. The fourth-order valence-corrected chi connectivity index (χ4v) is 1.16. The first-order valence-corrected chi connectivity index (χ1v) is 7.07. The van der Waals surface area contributed by atoms with Crippen LogP contribution < -0.4 is 5.73 Å². The van der Waals surface area contributed by atoms with Crippen LogP contribution in [0.5, 0.6) is 0 Å². The predicted molar refractivity (Wildman–Crippen MR) is 71.8 cm³/mol. The number of hydrogen-bond acceptors (Lipinski definition) is 6. The Morgan fingerprint density at radius 2 is 1.84 bits per heavy atom. The van der Waals surface area contributed by atoms with Crippen molar-refractivity contribution in [1.29, 1.82) is 0 Å². The highest BCUT2D eigenvalue weighted by atomic mass is 32.3. The molecule has 0 heterocycles. The Hall–Kier alpha value is -0.960. The van der Waals surface area contributed by atoms with Crippen LogP contribution in [0.1, 0.15) is 33.6 Å². The van der Waals surface area contributed by atoms with Crippen molar-refractivity contribution in [3.8, 4) is 0 Å². The molecule has 3 N–H and O–H groups in total. The van der Waals surface area contributed by atoms with Crippen molar-refractivity contribution in [1.82, 2.24) is 0 Å². The Kier molecular flexibility index (Phi) is 9.67. The molecule has 1 atom stereocenters. The molecule has 1 unspecified atom stereocenters. The quantitative estimate of drug-likeness (QED) is 0.427. The molecular weight excluding hydrogens is 274 g/mol. The highest BCUT2D eigenvalue weighted by molar-refractivity contribution is 7.80. The highest BCUT2D eigenvalue weighted by Crippen LogP contribution is 2.19. The normalized spacial score (nSPS) is 12.9. The van der Waals surface area contributed by atoms with Crippen LogP contribution >= 0.6 is 0 Å². The smallest absolute Gasteiger partial charge is 0.397 e. The molecule has 0 radical (unpaired) electrons. The maximum atomic E-state index is 10.9. The summed E-state index contributed by atoms with van der Waals surface area (Å²) in [7, 11) is -3.29. The first-order valence-electron chi connectivity index (χ1n) is 5.71. The van der Waals surface area contributed by atoms with E-state index in [-0.39, 0.29) is 6.10 Å². The summed E-state index contributed by atoms with van der Waals surface area (Å²) in [6.45, 7) is 9.12. The second kappa shape index (κ2) is 9.03. The summed E-state index contributed by atoms with van der Waals surface area (Å²) >= 11 is 0. The van der Waals surface area contributed by atoms with Gasteiger partial charge in [-0.05, 0) is 19.8 Å². The zero-order valence-corrected chi connectivity index (χ0v) is 12.6. The number of esters is 1. The van der Waals surface area contributed by atoms with Crippen molar-refractivity contribution in [3.05, 3.63) is 12.7 Å². The van der Waals surface area contributed by atoms with Crippen LogP contribution in [-0.2, 0) is 24.1 Å². The Morgan fingerprint density at radius 3 is 2.05 bits per heavy atom. The molecule has 0 aromatic rings. The predicted octanol–water partition coefficient (Wildman–Crippen LogP) is 1.06. The Morgan fingerprint density at radius 1 is 1.47 bits per heavy atom. The maximum absolute atomic E-state index is 10.9. The van der Waals surface area contributed by atoms with Crippen LogP contribution in [0, 0.1) is 0 Å². The minimum Gasteiger partial charge on any atom is -0.458 e. The molecule has 0 aromatic heterocycles. The van der Waals surface area contributed by atoms with Gasteiger partial charge in [-0.15, -0.1) is 0 Å². The van der Waals surface area contributed by atoms with Gasteiger partial charge in [-0.3, -0.25) is 8.74 Å². The van der Waals surface area contributed by atoms with Crippen molar-refractivity contribution >= 4 is 16.4 Å². The molecule has 0 aliphatic carbocycles. The van der Waals surface area contributed by atoms with Crippen LogP contribution in [0.25, 0.3) is 0 Å². The van der Waals surface area contributed by atoms with E-state index in [2.05, 4.69) is 10.8 Å². The summed E-state index contributed by atoms with van der Waals surface area (Å²) in [4.78, 5) is 10.9. The Bertz CT molecular complexity index is 375. The molecule has 0 rings (SSSR count). The standard InChI is InChI=1S/C10H19NO2.CH4O4S/c1-5-9(12)13-8(4)10(11,6-2)7-3;1-5-6(2,3)4/h5,8H,1,6-7,11H2,2-4H3;1H3,(H,2,3,4). The summed E-state index contributed by atoms with van der Waals surface area (Å²) in [6.07, 6.45) is 2.46. The van der Waals surface area contributed by atoms with Crippen LogP contribution in [0.3, 0.4) is 0 Å². The highest BCUT2D eigenvalue weighted by Gasteiger charge is 2.30. The van der Waals surface area contributed by atoms with Gasteiger partial charge in [0, 0.05) is 6.08 Å². The molecule has 0 saturated carbocycles. The molecule has 0 aliphatic rings. The van der Waals surface area contributed by atoms with Gasteiger partial charge < -0.3 is 10.5 Å². The van der Waals surface area contributed by atoms with Gasteiger partial charge in [0.1, 0.15) is 6.10 Å². The number of ether oxygens (including phenoxy) is 1. The molecule has 0 spiro atoms. The molecule has 0 saturated heterocycles. The lowest BCUT2D eigenvalue weighted by molar-refractivity contribution is -0.145. The van der Waals surface area contributed by atoms with Crippen LogP contribution in [0.4, 0.5) is 0 Å². The SMILES string of the molecule is C=CC(=O)OC(C)C(N)(CC)CC.COS(=O)(=O)O. The monoisotopic (exact) mass is 297 g/mol. The fraction of sp³-hybridized carbons (Fsp3) is 0.727. The van der Waals surface area contributed by atoms with E-state index in [9.17, 15) is 13.2 Å². The first kappa shape index (κ1) is 20.4. The summed E-state index contributed by atoms with van der Waals surface area (Å²) < 4.78 is 34.8. The summed E-state index contributed by atoms with van der Waals surface area (Å²) in [5.74, 6) is -0.413. The fourth-order valence-electron chi connectivity index (χ4n) is 1.16. The number of nitrogens with two attached hydrogens (primary N) is 1. The Labute approximate surface area is 114 Å². The number of carbonyl (C=O) groups excluding carboxylic acids is 1. The van der Waals surface area contributed by atoms with Crippen molar-refractivity contribution < 1.29 is 26.7 Å². The van der Waals surface area contributed by atoms with Gasteiger partial charge >= 0.3 is 16.4 Å². The second-order valence-corrected chi connectivity index (χ2v) is 5.01.